The molecule has 0 saturated carbocycles. The molecule has 2 heterocycles. The molecule has 0 unspecified atom stereocenters. The van der Waals surface area contributed by atoms with Gasteiger partial charge in [-0.1, -0.05) is 12.1 Å². The van der Waals surface area contributed by atoms with E-state index in [0.29, 0.717) is 25.6 Å². The third kappa shape index (κ3) is 4.39. The smallest absolute Gasteiger partial charge is 0.324 e. The number of aromatic nitrogens is 1. The Labute approximate surface area is 158 Å². The van der Waals surface area contributed by atoms with Crippen LogP contribution < -0.4 is 16.0 Å². The number of guanidine groups is 1. The number of nitrogens with one attached hydrogen (secondary N) is 4. The molecule has 27 heavy (non-hydrogen) atoms. The van der Waals surface area contributed by atoms with Crippen LogP contribution in [0.15, 0.2) is 29.4 Å². The molecule has 0 spiro atoms. The number of imide groups is 1. The zero-order valence-corrected chi connectivity index (χ0v) is 15.8. The van der Waals surface area contributed by atoms with Crippen molar-refractivity contribution in [2.24, 2.45) is 4.99 Å². The number of urea groups is 1. The minimum absolute atomic E-state index is 0.0804. The molecule has 1 aliphatic rings. The van der Waals surface area contributed by atoms with E-state index in [-0.39, 0.29) is 18.5 Å². The fraction of sp³-hybridized carbons (Fsp3) is 0.421. The van der Waals surface area contributed by atoms with E-state index >= 15 is 0 Å². The summed E-state index contributed by atoms with van der Waals surface area (Å²) in [5.41, 5.74) is 3.65. The number of carbonyl (C=O) groups is 2. The van der Waals surface area contributed by atoms with Crippen LogP contribution >= 0.6 is 0 Å². The molecule has 8 heteroatoms. The van der Waals surface area contributed by atoms with Crippen LogP contribution in [0, 0.1) is 6.92 Å². The van der Waals surface area contributed by atoms with Crippen molar-refractivity contribution in [1.82, 2.24) is 25.8 Å². The summed E-state index contributed by atoms with van der Waals surface area (Å²) in [5.74, 6) is 0.486. The highest BCUT2D eigenvalue weighted by molar-refractivity contribution is 6.02. The van der Waals surface area contributed by atoms with E-state index < -0.39 is 0 Å². The van der Waals surface area contributed by atoms with Crippen LogP contribution in [-0.2, 0) is 11.2 Å². The van der Waals surface area contributed by atoms with E-state index in [4.69, 9.17) is 0 Å². The Hall–Kier alpha value is -3.03. The molecule has 0 bridgehead atoms. The van der Waals surface area contributed by atoms with Gasteiger partial charge in [-0.05, 0) is 37.5 Å². The van der Waals surface area contributed by atoms with Crippen LogP contribution in [0.1, 0.15) is 18.1 Å². The Morgan fingerprint density at radius 3 is 2.89 bits per heavy atom. The SMILES string of the molecule is CCNC(=NCCc1c[nH]c2cccc(C)c12)NCCN1C(=O)CNC1=O. The quantitative estimate of drug-likeness (QED) is 0.333. The predicted octanol–water partition coefficient (Wildman–Crippen LogP) is 1.13. The fourth-order valence-electron chi connectivity index (χ4n) is 3.25. The number of nitrogens with zero attached hydrogens (tertiary/aromatic N) is 2. The summed E-state index contributed by atoms with van der Waals surface area (Å²) in [4.78, 5) is 32.3. The molecule has 2 aromatic rings. The molecule has 1 aromatic heterocycles. The summed E-state index contributed by atoms with van der Waals surface area (Å²) in [7, 11) is 0. The van der Waals surface area contributed by atoms with Crippen molar-refractivity contribution in [3.63, 3.8) is 0 Å². The van der Waals surface area contributed by atoms with E-state index in [1.165, 1.54) is 21.4 Å². The van der Waals surface area contributed by atoms with Crippen molar-refractivity contribution in [1.29, 1.82) is 0 Å². The molecular weight excluding hydrogens is 344 g/mol. The molecule has 1 fully saturated rings. The lowest BCUT2D eigenvalue weighted by atomic mass is 10.1. The molecule has 0 aliphatic carbocycles. The number of hydrogen-bond donors (Lipinski definition) is 4. The number of aliphatic imine (C=N–C) groups is 1. The number of fused-ring (bicyclic) bond motifs is 1. The average molecular weight is 370 g/mol. The van der Waals surface area contributed by atoms with E-state index in [1.54, 1.807) is 0 Å². The molecular formula is C19H26N6O2. The monoisotopic (exact) mass is 370 g/mol. The molecule has 0 radical (unpaired) electrons. The molecule has 0 atom stereocenters. The summed E-state index contributed by atoms with van der Waals surface area (Å²) in [5, 5.41) is 10.1. The number of benzene rings is 1. The van der Waals surface area contributed by atoms with Gasteiger partial charge in [0.15, 0.2) is 5.96 Å². The Balaban J connectivity index is 1.55. The fourth-order valence-corrected chi connectivity index (χ4v) is 3.25. The lowest BCUT2D eigenvalue weighted by Gasteiger charge is -2.15. The number of aryl methyl sites for hydroxylation is 1. The number of amides is 3. The van der Waals surface area contributed by atoms with Gasteiger partial charge in [0.1, 0.15) is 0 Å². The minimum Gasteiger partial charge on any atom is -0.361 e. The van der Waals surface area contributed by atoms with Crippen LogP contribution in [0.3, 0.4) is 0 Å². The van der Waals surface area contributed by atoms with E-state index in [1.807, 2.05) is 13.1 Å². The van der Waals surface area contributed by atoms with Crippen molar-refractivity contribution in [2.45, 2.75) is 20.3 Å². The largest absolute Gasteiger partial charge is 0.361 e. The van der Waals surface area contributed by atoms with Crippen molar-refractivity contribution in [3.05, 3.63) is 35.5 Å². The number of rotatable bonds is 7. The van der Waals surface area contributed by atoms with Crippen molar-refractivity contribution < 1.29 is 9.59 Å². The van der Waals surface area contributed by atoms with Gasteiger partial charge in [0, 0.05) is 43.3 Å². The molecule has 144 valence electrons. The highest BCUT2D eigenvalue weighted by Gasteiger charge is 2.27. The summed E-state index contributed by atoms with van der Waals surface area (Å²) < 4.78 is 0. The summed E-state index contributed by atoms with van der Waals surface area (Å²) in [6, 6.07) is 5.91. The third-order valence-electron chi connectivity index (χ3n) is 4.56. The van der Waals surface area contributed by atoms with Gasteiger partial charge in [0.25, 0.3) is 0 Å². The van der Waals surface area contributed by atoms with Gasteiger partial charge in [-0.3, -0.25) is 14.7 Å². The molecule has 3 rings (SSSR count). The molecule has 1 aromatic carbocycles. The lowest BCUT2D eigenvalue weighted by Crippen LogP contribution is -2.43. The first-order valence-corrected chi connectivity index (χ1v) is 9.26. The number of aromatic amines is 1. The second kappa shape index (κ2) is 8.57. The maximum absolute atomic E-state index is 11.6. The Kier molecular flexibility index (Phi) is 5.95. The van der Waals surface area contributed by atoms with Gasteiger partial charge in [-0.2, -0.15) is 0 Å². The van der Waals surface area contributed by atoms with Crippen molar-refractivity contribution in [2.75, 3.05) is 32.7 Å². The van der Waals surface area contributed by atoms with E-state index in [9.17, 15) is 9.59 Å². The second-order valence-electron chi connectivity index (χ2n) is 6.45. The van der Waals surface area contributed by atoms with E-state index in [0.717, 1.165) is 18.5 Å². The number of carbonyl (C=O) groups excluding carboxylic acids is 2. The third-order valence-corrected chi connectivity index (χ3v) is 4.56. The Morgan fingerprint density at radius 2 is 2.15 bits per heavy atom. The van der Waals surface area contributed by atoms with Gasteiger partial charge in [-0.15, -0.1) is 0 Å². The van der Waals surface area contributed by atoms with Gasteiger partial charge in [-0.25, -0.2) is 4.79 Å². The van der Waals surface area contributed by atoms with Gasteiger partial charge < -0.3 is 20.9 Å². The zero-order valence-electron chi connectivity index (χ0n) is 15.8. The average Bonchev–Trinajstić information content (AvgIpc) is 3.20. The molecule has 3 amide bonds. The van der Waals surface area contributed by atoms with Crippen LogP contribution in [0.5, 0.6) is 0 Å². The number of hydrogen-bond acceptors (Lipinski definition) is 3. The van der Waals surface area contributed by atoms with Gasteiger partial charge in [0.2, 0.25) is 5.91 Å². The zero-order chi connectivity index (χ0) is 19.2. The van der Waals surface area contributed by atoms with Crippen LogP contribution in [0.25, 0.3) is 10.9 Å². The first-order valence-electron chi connectivity index (χ1n) is 9.26. The highest BCUT2D eigenvalue weighted by Crippen LogP contribution is 2.22. The maximum Gasteiger partial charge on any atom is 0.324 e. The predicted molar refractivity (Wildman–Crippen MR) is 106 cm³/mol. The first-order chi connectivity index (χ1) is 13.1. The first kappa shape index (κ1) is 18.8. The summed E-state index contributed by atoms with van der Waals surface area (Å²) >= 11 is 0. The Bertz CT molecular complexity index is 841. The summed E-state index contributed by atoms with van der Waals surface area (Å²) in [6.07, 6.45) is 2.87. The normalized spacial score (nSPS) is 14.7. The maximum atomic E-state index is 11.6. The summed E-state index contributed by atoms with van der Waals surface area (Å²) in [6.45, 7) is 6.34. The van der Waals surface area contributed by atoms with Gasteiger partial charge in [0.05, 0.1) is 6.54 Å². The van der Waals surface area contributed by atoms with Crippen molar-refractivity contribution >= 4 is 28.8 Å². The van der Waals surface area contributed by atoms with Gasteiger partial charge >= 0.3 is 6.03 Å². The Morgan fingerprint density at radius 1 is 1.30 bits per heavy atom. The van der Waals surface area contributed by atoms with Crippen molar-refractivity contribution in [3.8, 4) is 0 Å². The van der Waals surface area contributed by atoms with E-state index in [2.05, 4.69) is 51.0 Å². The second-order valence-corrected chi connectivity index (χ2v) is 6.45. The highest BCUT2D eigenvalue weighted by atomic mass is 16.2. The standard InChI is InChI=1S/C19H26N6O2/c1-3-20-18(22-9-10-25-16(26)12-24-19(25)27)21-8-7-14-11-23-15-6-4-5-13(2)17(14)15/h4-6,11,23H,3,7-10,12H2,1-2H3,(H,24,27)(H2,20,21,22). The van der Waals surface area contributed by atoms with Crippen LogP contribution in [-0.4, -0.2) is 60.5 Å². The molecule has 4 N–H and O–H groups in total. The molecule has 1 aliphatic heterocycles. The van der Waals surface area contributed by atoms with Crippen LogP contribution in [0.2, 0.25) is 0 Å². The molecule has 8 nitrogen and oxygen atoms in total. The minimum atomic E-state index is -0.335. The molecule has 1 saturated heterocycles. The topological polar surface area (TPSA) is 102 Å². The number of H-pyrrole nitrogens is 1. The lowest BCUT2D eigenvalue weighted by molar-refractivity contribution is -0.124. The van der Waals surface area contributed by atoms with Crippen LogP contribution in [0.4, 0.5) is 4.79 Å².